The third-order valence-electron chi connectivity index (χ3n) is 3.54. The highest BCUT2D eigenvalue weighted by Gasteiger charge is 2.02. The van der Waals surface area contributed by atoms with Crippen LogP contribution in [0.3, 0.4) is 0 Å². The van der Waals surface area contributed by atoms with Crippen molar-refractivity contribution in [1.82, 2.24) is 5.32 Å². The van der Waals surface area contributed by atoms with Crippen LogP contribution < -0.4 is 10.1 Å². The van der Waals surface area contributed by atoms with E-state index in [9.17, 15) is 4.79 Å². The van der Waals surface area contributed by atoms with Crippen molar-refractivity contribution in [3.63, 3.8) is 0 Å². The van der Waals surface area contributed by atoms with E-state index in [0.29, 0.717) is 12.3 Å². The van der Waals surface area contributed by atoms with Crippen LogP contribution in [-0.4, -0.2) is 25.3 Å². The number of carbonyl (C=O) groups is 1. The summed E-state index contributed by atoms with van der Waals surface area (Å²) in [5.41, 5.74) is 2.43. The van der Waals surface area contributed by atoms with Crippen molar-refractivity contribution in [2.75, 3.05) is 19.4 Å². The quantitative estimate of drug-likeness (QED) is 0.674. The number of ether oxygens (including phenoxy) is 1. The molecule has 0 saturated heterocycles. The molecule has 1 N–H and O–H groups in total. The summed E-state index contributed by atoms with van der Waals surface area (Å²) in [5.74, 6) is 2.25. The number of thioether (sulfide) groups is 1. The van der Waals surface area contributed by atoms with Crippen molar-refractivity contribution >= 4 is 29.3 Å². The molecule has 0 spiro atoms. The Morgan fingerprint density at radius 3 is 2.42 bits per heavy atom. The van der Waals surface area contributed by atoms with Crippen LogP contribution >= 0.6 is 23.4 Å². The van der Waals surface area contributed by atoms with Crippen molar-refractivity contribution in [3.8, 4) is 5.75 Å². The van der Waals surface area contributed by atoms with Gasteiger partial charge < -0.3 is 10.1 Å². The van der Waals surface area contributed by atoms with Crippen molar-refractivity contribution in [2.24, 2.45) is 0 Å². The lowest BCUT2D eigenvalue weighted by Crippen LogP contribution is -2.26. The maximum atomic E-state index is 11.8. The molecular formula is C19H22ClNO2S. The van der Waals surface area contributed by atoms with Gasteiger partial charge in [-0.3, -0.25) is 4.79 Å². The summed E-state index contributed by atoms with van der Waals surface area (Å²) >= 11 is 7.46. The minimum absolute atomic E-state index is 0.0868. The maximum absolute atomic E-state index is 11.8. The molecule has 0 atom stereocenters. The number of halogens is 1. The number of hydrogen-bond donors (Lipinski definition) is 1. The monoisotopic (exact) mass is 363 g/mol. The Morgan fingerprint density at radius 1 is 1.08 bits per heavy atom. The van der Waals surface area contributed by atoms with Crippen LogP contribution in [0.25, 0.3) is 0 Å². The molecule has 5 heteroatoms. The highest BCUT2D eigenvalue weighted by Crippen LogP contribution is 2.15. The Labute approximate surface area is 152 Å². The van der Waals surface area contributed by atoms with E-state index < -0.39 is 0 Å². The van der Waals surface area contributed by atoms with E-state index in [1.807, 2.05) is 36.4 Å². The van der Waals surface area contributed by atoms with Gasteiger partial charge in [-0.1, -0.05) is 35.9 Å². The summed E-state index contributed by atoms with van der Waals surface area (Å²) in [4.78, 5) is 11.8. The molecule has 0 saturated carbocycles. The molecule has 0 fully saturated rings. The van der Waals surface area contributed by atoms with Crippen LogP contribution in [0.5, 0.6) is 5.75 Å². The van der Waals surface area contributed by atoms with Crippen LogP contribution in [-0.2, 0) is 17.0 Å². The molecule has 2 aromatic carbocycles. The zero-order valence-corrected chi connectivity index (χ0v) is 15.3. The highest BCUT2D eigenvalue weighted by atomic mass is 35.5. The molecule has 0 unspecified atom stereocenters. The fraction of sp³-hybridized carbons (Fsp3) is 0.316. The average Bonchev–Trinajstić information content (AvgIpc) is 2.61. The van der Waals surface area contributed by atoms with Crippen molar-refractivity contribution in [2.45, 2.75) is 18.6 Å². The molecule has 0 radical (unpaired) electrons. The average molecular weight is 364 g/mol. The molecule has 0 aliphatic rings. The first-order valence-corrected chi connectivity index (χ1v) is 9.42. The normalized spacial score (nSPS) is 10.4. The molecule has 0 bridgehead atoms. The standard InChI is InChI=1S/C19H22ClNO2S/c1-23-18-10-6-15(7-11-18)3-2-12-21-19(22)14-24-13-16-4-8-17(20)9-5-16/h4-11H,2-3,12-14H2,1H3,(H,21,22). The summed E-state index contributed by atoms with van der Waals surface area (Å²) in [7, 11) is 1.66. The zero-order chi connectivity index (χ0) is 17.2. The van der Waals surface area contributed by atoms with Gasteiger partial charge in [-0.25, -0.2) is 0 Å². The number of carbonyl (C=O) groups excluding carboxylic acids is 1. The summed E-state index contributed by atoms with van der Waals surface area (Å²) in [6.45, 7) is 0.701. The maximum Gasteiger partial charge on any atom is 0.230 e. The first-order valence-electron chi connectivity index (χ1n) is 7.89. The van der Waals surface area contributed by atoms with Gasteiger partial charge in [-0.2, -0.15) is 0 Å². The Balaban J connectivity index is 1.56. The van der Waals surface area contributed by atoms with E-state index in [1.165, 1.54) is 11.1 Å². The van der Waals surface area contributed by atoms with Gasteiger partial charge in [-0.15, -0.1) is 11.8 Å². The molecule has 0 aliphatic heterocycles. The van der Waals surface area contributed by atoms with Gasteiger partial charge in [0.1, 0.15) is 5.75 Å². The van der Waals surface area contributed by atoms with Crippen LogP contribution in [0, 0.1) is 0 Å². The number of methoxy groups -OCH3 is 1. The van der Waals surface area contributed by atoms with Crippen molar-refractivity contribution in [3.05, 3.63) is 64.7 Å². The van der Waals surface area contributed by atoms with Gasteiger partial charge in [-0.05, 0) is 48.2 Å². The second-order valence-corrected chi connectivity index (χ2v) is 6.84. The number of rotatable bonds is 9. The predicted octanol–water partition coefficient (Wildman–Crippen LogP) is 4.33. The molecule has 0 aliphatic carbocycles. The van der Waals surface area contributed by atoms with E-state index in [4.69, 9.17) is 16.3 Å². The molecule has 24 heavy (non-hydrogen) atoms. The van der Waals surface area contributed by atoms with Crippen LogP contribution in [0.2, 0.25) is 5.02 Å². The number of hydrogen-bond acceptors (Lipinski definition) is 3. The lowest BCUT2D eigenvalue weighted by atomic mass is 10.1. The minimum atomic E-state index is 0.0868. The van der Waals surface area contributed by atoms with E-state index >= 15 is 0 Å². The first kappa shape index (κ1) is 18.7. The van der Waals surface area contributed by atoms with Crippen molar-refractivity contribution in [1.29, 1.82) is 0 Å². The lowest BCUT2D eigenvalue weighted by molar-refractivity contribution is -0.118. The SMILES string of the molecule is COc1ccc(CCCNC(=O)CSCc2ccc(Cl)cc2)cc1. The number of nitrogens with one attached hydrogen (secondary N) is 1. The van der Waals surface area contributed by atoms with Crippen LogP contribution in [0.4, 0.5) is 0 Å². The summed E-state index contributed by atoms with van der Waals surface area (Å²) in [6.07, 6.45) is 1.88. The Morgan fingerprint density at radius 2 is 1.75 bits per heavy atom. The van der Waals surface area contributed by atoms with Gasteiger partial charge >= 0.3 is 0 Å². The molecule has 3 nitrogen and oxygen atoms in total. The number of aryl methyl sites for hydroxylation is 1. The second kappa shape index (κ2) is 10.3. The third kappa shape index (κ3) is 6.85. The number of amides is 1. The molecule has 2 rings (SSSR count). The summed E-state index contributed by atoms with van der Waals surface area (Å²) < 4.78 is 5.14. The summed E-state index contributed by atoms with van der Waals surface area (Å²) in [5, 5.41) is 3.70. The van der Waals surface area contributed by atoms with Gasteiger partial charge in [0, 0.05) is 17.3 Å². The van der Waals surface area contributed by atoms with Gasteiger partial charge in [0.05, 0.1) is 12.9 Å². The molecular weight excluding hydrogens is 342 g/mol. The first-order chi connectivity index (χ1) is 11.7. The minimum Gasteiger partial charge on any atom is -0.497 e. The molecule has 0 heterocycles. The fourth-order valence-corrected chi connectivity index (χ4v) is 3.15. The Bertz CT molecular complexity index is 629. The van der Waals surface area contributed by atoms with Crippen LogP contribution in [0.15, 0.2) is 48.5 Å². The Hall–Kier alpha value is -1.65. The smallest absolute Gasteiger partial charge is 0.230 e. The molecule has 2 aromatic rings. The molecule has 1 amide bonds. The number of benzene rings is 2. The molecule has 128 valence electrons. The second-order valence-electron chi connectivity index (χ2n) is 5.42. The summed E-state index contributed by atoms with van der Waals surface area (Å²) in [6, 6.07) is 15.8. The van der Waals surface area contributed by atoms with E-state index in [1.54, 1.807) is 18.9 Å². The van der Waals surface area contributed by atoms with E-state index in [0.717, 1.165) is 29.4 Å². The van der Waals surface area contributed by atoms with Gasteiger partial charge in [0.15, 0.2) is 0 Å². The Kier molecular flexibility index (Phi) is 7.99. The lowest BCUT2D eigenvalue weighted by Gasteiger charge is -2.06. The highest BCUT2D eigenvalue weighted by molar-refractivity contribution is 7.99. The third-order valence-corrected chi connectivity index (χ3v) is 4.79. The topological polar surface area (TPSA) is 38.3 Å². The van der Waals surface area contributed by atoms with Gasteiger partial charge in [0.2, 0.25) is 5.91 Å². The van der Waals surface area contributed by atoms with E-state index in [-0.39, 0.29) is 5.91 Å². The predicted molar refractivity (Wildman–Crippen MR) is 102 cm³/mol. The fourth-order valence-electron chi connectivity index (χ4n) is 2.21. The van der Waals surface area contributed by atoms with Gasteiger partial charge in [0.25, 0.3) is 0 Å². The van der Waals surface area contributed by atoms with Crippen molar-refractivity contribution < 1.29 is 9.53 Å². The van der Waals surface area contributed by atoms with E-state index in [2.05, 4.69) is 17.4 Å². The molecule has 0 aromatic heterocycles. The largest absolute Gasteiger partial charge is 0.497 e. The van der Waals surface area contributed by atoms with Crippen LogP contribution in [0.1, 0.15) is 17.5 Å². The zero-order valence-electron chi connectivity index (χ0n) is 13.8.